The summed E-state index contributed by atoms with van der Waals surface area (Å²) in [5.74, 6) is 0. The molecule has 0 heterocycles. The fourth-order valence-corrected chi connectivity index (χ4v) is 0.810. The third-order valence-electron chi connectivity index (χ3n) is 1.76. The highest BCUT2D eigenvalue weighted by Gasteiger charge is 2.62. The quantitative estimate of drug-likeness (QED) is 0.494. The predicted molar refractivity (Wildman–Crippen MR) is 35.4 cm³/mol. The van der Waals surface area contributed by atoms with Gasteiger partial charge in [-0.15, -0.1) is 0 Å². The van der Waals surface area contributed by atoms with E-state index >= 15 is 0 Å². The van der Waals surface area contributed by atoms with Crippen LogP contribution in [0, 0.1) is 0 Å². The summed E-state index contributed by atoms with van der Waals surface area (Å²) in [4.78, 5) is 0. The van der Waals surface area contributed by atoms with Gasteiger partial charge in [0.2, 0.25) is 5.67 Å². The van der Waals surface area contributed by atoms with Crippen molar-refractivity contribution in [3.63, 3.8) is 0 Å². The van der Waals surface area contributed by atoms with Crippen molar-refractivity contribution in [1.29, 1.82) is 0 Å². The van der Waals surface area contributed by atoms with Crippen molar-refractivity contribution < 1.29 is 30.7 Å². The Kier molecular flexibility index (Phi) is 3.25. The van der Waals surface area contributed by atoms with Gasteiger partial charge in [-0.25, -0.2) is 4.39 Å². The van der Waals surface area contributed by atoms with E-state index < -0.39 is 30.0 Å². The number of allylic oxidation sites excluding steroid dienone is 1. The number of hydrogen-bond acceptors (Lipinski definition) is 0. The average Bonchev–Trinajstić information content (AvgIpc) is 1.97. The monoisotopic (exact) mass is 224 g/mol. The highest BCUT2D eigenvalue weighted by molar-refractivity contribution is 5.21. The van der Waals surface area contributed by atoms with E-state index in [1.807, 2.05) is 0 Å². The Morgan fingerprint density at radius 1 is 1.00 bits per heavy atom. The minimum Gasteiger partial charge on any atom is -0.229 e. The average molecular weight is 224 g/mol. The van der Waals surface area contributed by atoms with Gasteiger partial charge in [0.05, 0.1) is 5.57 Å². The van der Waals surface area contributed by atoms with E-state index in [4.69, 9.17) is 0 Å². The van der Waals surface area contributed by atoms with Crippen LogP contribution < -0.4 is 0 Å². The van der Waals surface area contributed by atoms with Gasteiger partial charge in [-0.3, -0.25) is 0 Å². The maximum atomic E-state index is 13.0. The van der Waals surface area contributed by atoms with E-state index in [0.717, 1.165) is 0 Å². The number of halogens is 7. The molecule has 0 fully saturated rings. The van der Waals surface area contributed by atoms with Crippen LogP contribution in [0.5, 0.6) is 0 Å². The van der Waals surface area contributed by atoms with Crippen molar-refractivity contribution in [2.45, 2.75) is 31.4 Å². The summed E-state index contributed by atoms with van der Waals surface area (Å²) in [5.41, 5.74) is -6.81. The molecule has 14 heavy (non-hydrogen) atoms. The van der Waals surface area contributed by atoms with Gasteiger partial charge in [0.1, 0.15) is 0 Å². The Morgan fingerprint density at radius 2 is 1.36 bits per heavy atom. The maximum absolute atomic E-state index is 13.0. The maximum Gasteiger partial charge on any atom is 0.426 e. The first kappa shape index (κ1) is 13.2. The molecular weight excluding hydrogens is 217 g/mol. The van der Waals surface area contributed by atoms with Crippen LogP contribution in [0.15, 0.2) is 12.2 Å². The van der Waals surface area contributed by atoms with Crippen LogP contribution in [-0.2, 0) is 0 Å². The molecular formula is C7H7F7. The Balaban J connectivity index is 5.19. The lowest BCUT2D eigenvalue weighted by Crippen LogP contribution is -2.46. The lowest BCUT2D eigenvalue weighted by atomic mass is 9.93. The van der Waals surface area contributed by atoms with Gasteiger partial charge in [0.25, 0.3) is 0 Å². The Labute approximate surface area is 75.4 Å². The largest absolute Gasteiger partial charge is 0.426 e. The van der Waals surface area contributed by atoms with E-state index in [1.54, 1.807) is 0 Å². The highest BCUT2D eigenvalue weighted by Crippen LogP contribution is 2.47. The lowest BCUT2D eigenvalue weighted by molar-refractivity contribution is -0.235. The Hall–Kier alpha value is -0.750. The Morgan fingerprint density at radius 3 is 1.43 bits per heavy atom. The van der Waals surface area contributed by atoms with E-state index in [2.05, 4.69) is 6.58 Å². The number of hydrogen-bond donors (Lipinski definition) is 0. The van der Waals surface area contributed by atoms with Crippen LogP contribution in [-0.4, -0.2) is 18.0 Å². The fraction of sp³-hybridized carbons (Fsp3) is 0.714. The topological polar surface area (TPSA) is 0 Å². The summed E-state index contributed by atoms with van der Waals surface area (Å²) >= 11 is 0. The molecule has 7 heteroatoms. The van der Waals surface area contributed by atoms with E-state index in [-0.39, 0.29) is 0 Å². The third kappa shape index (κ3) is 2.19. The standard InChI is InChI=1S/C7H7F7/c1-3-5(8,7(12,13)14)4(2)6(9,10)11/h2-3H2,1H3. The molecule has 0 saturated heterocycles. The summed E-state index contributed by atoms with van der Waals surface area (Å²) < 4.78 is 84.3. The molecule has 0 aliphatic carbocycles. The highest BCUT2D eigenvalue weighted by atomic mass is 19.4. The zero-order valence-electron chi connectivity index (χ0n) is 7.06. The van der Waals surface area contributed by atoms with Gasteiger partial charge in [0.15, 0.2) is 0 Å². The summed E-state index contributed by atoms with van der Waals surface area (Å²) in [6.07, 6.45) is -12.3. The van der Waals surface area contributed by atoms with Crippen LogP contribution in [0.3, 0.4) is 0 Å². The van der Waals surface area contributed by atoms with Crippen molar-refractivity contribution in [3.8, 4) is 0 Å². The Bertz CT molecular complexity index is 223. The second-order valence-electron chi connectivity index (χ2n) is 2.63. The first-order valence-corrected chi connectivity index (χ1v) is 3.49. The van der Waals surface area contributed by atoms with E-state index in [1.165, 1.54) is 0 Å². The van der Waals surface area contributed by atoms with E-state index in [9.17, 15) is 30.7 Å². The molecule has 0 amide bonds. The fourth-order valence-electron chi connectivity index (χ4n) is 0.810. The van der Waals surface area contributed by atoms with Gasteiger partial charge in [-0.05, 0) is 6.42 Å². The first-order valence-electron chi connectivity index (χ1n) is 3.49. The molecule has 0 radical (unpaired) electrons. The van der Waals surface area contributed by atoms with Crippen molar-refractivity contribution in [2.75, 3.05) is 0 Å². The molecule has 1 unspecified atom stereocenters. The van der Waals surface area contributed by atoms with Crippen LogP contribution in [0.1, 0.15) is 13.3 Å². The van der Waals surface area contributed by atoms with E-state index in [0.29, 0.717) is 6.92 Å². The molecule has 0 bridgehead atoms. The third-order valence-corrected chi connectivity index (χ3v) is 1.76. The molecule has 0 rings (SSSR count). The van der Waals surface area contributed by atoms with Crippen molar-refractivity contribution >= 4 is 0 Å². The van der Waals surface area contributed by atoms with Gasteiger partial charge in [-0.1, -0.05) is 13.5 Å². The van der Waals surface area contributed by atoms with Crippen molar-refractivity contribution in [1.82, 2.24) is 0 Å². The molecule has 0 aromatic carbocycles. The minimum atomic E-state index is -5.60. The van der Waals surface area contributed by atoms with Crippen molar-refractivity contribution in [3.05, 3.63) is 12.2 Å². The summed E-state index contributed by atoms with van der Waals surface area (Å²) in [6.45, 7) is 2.79. The smallest absolute Gasteiger partial charge is 0.229 e. The molecule has 0 N–H and O–H groups in total. The SMILES string of the molecule is C=C(C(F)(F)F)C(F)(CC)C(F)(F)F. The second-order valence-corrected chi connectivity index (χ2v) is 2.63. The summed E-state index contributed by atoms with van der Waals surface area (Å²) in [7, 11) is 0. The van der Waals surface area contributed by atoms with Gasteiger partial charge < -0.3 is 0 Å². The predicted octanol–water partition coefficient (Wildman–Crippen LogP) is 3.79. The number of alkyl halides is 7. The molecule has 0 aromatic heterocycles. The van der Waals surface area contributed by atoms with Gasteiger partial charge in [-0.2, -0.15) is 26.3 Å². The summed E-state index contributed by atoms with van der Waals surface area (Å²) in [5, 5.41) is 0. The zero-order chi connectivity index (χ0) is 11.8. The van der Waals surface area contributed by atoms with Crippen LogP contribution in [0.2, 0.25) is 0 Å². The number of rotatable bonds is 2. The van der Waals surface area contributed by atoms with Gasteiger partial charge >= 0.3 is 12.4 Å². The molecule has 0 saturated carbocycles. The molecule has 0 nitrogen and oxygen atoms in total. The van der Waals surface area contributed by atoms with Crippen LogP contribution in [0.25, 0.3) is 0 Å². The molecule has 84 valence electrons. The lowest BCUT2D eigenvalue weighted by Gasteiger charge is -2.29. The molecule has 0 aliphatic heterocycles. The second kappa shape index (κ2) is 3.43. The first-order chi connectivity index (χ1) is 5.97. The summed E-state index contributed by atoms with van der Waals surface area (Å²) in [6, 6.07) is 0. The minimum absolute atomic E-state index is 0.671. The van der Waals surface area contributed by atoms with Crippen LogP contribution >= 0.6 is 0 Å². The zero-order valence-corrected chi connectivity index (χ0v) is 7.06. The van der Waals surface area contributed by atoms with Crippen LogP contribution in [0.4, 0.5) is 30.7 Å². The van der Waals surface area contributed by atoms with Gasteiger partial charge in [0, 0.05) is 0 Å². The molecule has 0 aliphatic rings. The normalized spacial score (nSPS) is 17.7. The molecule has 0 aromatic rings. The molecule has 1 atom stereocenters. The molecule has 0 spiro atoms. The van der Waals surface area contributed by atoms with Crippen molar-refractivity contribution in [2.24, 2.45) is 0 Å².